The van der Waals surface area contributed by atoms with E-state index in [1.165, 1.54) is 0 Å². The summed E-state index contributed by atoms with van der Waals surface area (Å²) in [5.41, 5.74) is 1.02. The van der Waals surface area contributed by atoms with Crippen LogP contribution in [0, 0.1) is 0 Å². The van der Waals surface area contributed by atoms with Crippen molar-refractivity contribution in [1.29, 1.82) is 0 Å². The molecule has 1 rings (SSSR count). The van der Waals surface area contributed by atoms with E-state index >= 15 is 0 Å². The van der Waals surface area contributed by atoms with Crippen molar-refractivity contribution in [2.45, 2.75) is 13.8 Å². The van der Waals surface area contributed by atoms with Gasteiger partial charge in [-0.15, -0.1) is 0 Å². The molecule has 0 aromatic carbocycles. The first-order valence-electron chi connectivity index (χ1n) is 3.58. The van der Waals surface area contributed by atoms with E-state index in [1.54, 1.807) is 6.20 Å². The van der Waals surface area contributed by atoms with Crippen LogP contribution in [0.3, 0.4) is 0 Å². The van der Waals surface area contributed by atoms with Gasteiger partial charge in [0.25, 0.3) is 0 Å². The summed E-state index contributed by atoms with van der Waals surface area (Å²) in [4.78, 5) is 6.18. The van der Waals surface area contributed by atoms with Gasteiger partial charge in [-0.05, 0) is 26.0 Å². The molecule has 0 aliphatic carbocycles. The summed E-state index contributed by atoms with van der Waals surface area (Å²) in [6.45, 7) is 7.60. The minimum Gasteiger partial charge on any atom is -0.309 e. The summed E-state index contributed by atoms with van der Waals surface area (Å²) in [6, 6.07) is 0. The van der Waals surface area contributed by atoms with E-state index in [0.717, 1.165) is 11.5 Å². The molecule has 1 heterocycles. The molecule has 0 radical (unpaired) electrons. The Labute approximate surface area is 67.2 Å². The third kappa shape index (κ3) is 1.58. The SMILES string of the molecule is C=CN1C=CC(C)=N/C1=C/C. The Hall–Kier alpha value is -1.31. The molecule has 0 atom stereocenters. The standard InChI is InChI=1S/C9H12N2/c1-4-9-10-8(3)6-7-11(9)5-2/h4-7H,2H2,1,3H3/b9-4-. The molecule has 0 aromatic rings. The quantitative estimate of drug-likeness (QED) is 0.557. The monoisotopic (exact) mass is 148 g/mol. The van der Waals surface area contributed by atoms with Crippen LogP contribution in [0.1, 0.15) is 13.8 Å². The van der Waals surface area contributed by atoms with Gasteiger partial charge in [-0.1, -0.05) is 6.58 Å². The van der Waals surface area contributed by atoms with Crippen LogP contribution < -0.4 is 0 Å². The fraction of sp³-hybridized carbons (Fsp3) is 0.222. The average molecular weight is 148 g/mol. The fourth-order valence-electron chi connectivity index (χ4n) is 0.908. The molecule has 0 N–H and O–H groups in total. The zero-order valence-corrected chi connectivity index (χ0v) is 6.91. The van der Waals surface area contributed by atoms with Gasteiger partial charge >= 0.3 is 0 Å². The third-order valence-corrected chi connectivity index (χ3v) is 1.49. The summed E-state index contributed by atoms with van der Waals surface area (Å²) in [5.74, 6) is 0.931. The smallest absolute Gasteiger partial charge is 0.132 e. The van der Waals surface area contributed by atoms with Crippen LogP contribution in [0.5, 0.6) is 0 Å². The van der Waals surface area contributed by atoms with Crippen molar-refractivity contribution >= 4 is 5.71 Å². The highest BCUT2D eigenvalue weighted by atomic mass is 15.2. The van der Waals surface area contributed by atoms with Gasteiger partial charge in [-0.2, -0.15) is 0 Å². The molecule has 1 aliphatic heterocycles. The van der Waals surface area contributed by atoms with Crippen molar-refractivity contribution < 1.29 is 0 Å². The summed E-state index contributed by atoms with van der Waals surface area (Å²) < 4.78 is 0. The molecule has 0 saturated heterocycles. The van der Waals surface area contributed by atoms with Crippen LogP contribution in [0.15, 0.2) is 41.9 Å². The van der Waals surface area contributed by atoms with Crippen molar-refractivity contribution in [3.63, 3.8) is 0 Å². The van der Waals surface area contributed by atoms with Crippen molar-refractivity contribution in [2.24, 2.45) is 4.99 Å². The van der Waals surface area contributed by atoms with Gasteiger partial charge in [0.15, 0.2) is 0 Å². The van der Waals surface area contributed by atoms with E-state index in [-0.39, 0.29) is 0 Å². The first-order valence-corrected chi connectivity index (χ1v) is 3.58. The van der Waals surface area contributed by atoms with Crippen LogP contribution in [0.2, 0.25) is 0 Å². The van der Waals surface area contributed by atoms with Gasteiger partial charge in [-0.3, -0.25) is 0 Å². The summed E-state index contributed by atoms with van der Waals surface area (Å²) in [5, 5.41) is 0. The lowest BCUT2D eigenvalue weighted by Gasteiger charge is -2.18. The number of nitrogens with zero attached hydrogens (tertiary/aromatic N) is 2. The predicted molar refractivity (Wildman–Crippen MR) is 48.0 cm³/mol. The molecule has 2 heteroatoms. The average Bonchev–Trinajstić information content (AvgIpc) is 2.04. The van der Waals surface area contributed by atoms with Gasteiger partial charge in [0.2, 0.25) is 0 Å². The Morgan fingerprint density at radius 1 is 1.64 bits per heavy atom. The minimum absolute atomic E-state index is 0.931. The highest BCUT2D eigenvalue weighted by Gasteiger charge is 2.04. The molecule has 58 valence electrons. The number of hydrogen-bond donors (Lipinski definition) is 0. The number of aliphatic imine (C=N–C) groups is 1. The van der Waals surface area contributed by atoms with Crippen LogP contribution >= 0.6 is 0 Å². The van der Waals surface area contributed by atoms with Crippen LogP contribution in [-0.4, -0.2) is 10.6 Å². The summed E-state index contributed by atoms with van der Waals surface area (Å²) in [6.07, 6.45) is 7.59. The molecule has 1 aliphatic rings. The molecular formula is C9H12N2. The second-order valence-electron chi connectivity index (χ2n) is 2.31. The van der Waals surface area contributed by atoms with E-state index in [0.29, 0.717) is 0 Å². The van der Waals surface area contributed by atoms with Gasteiger partial charge in [0.05, 0.1) is 0 Å². The van der Waals surface area contributed by atoms with Crippen molar-refractivity contribution in [3.8, 4) is 0 Å². The zero-order chi connectivity index (χ0) is 8.27. The molecule has 0 fully saturated rings. The van der Waals surface area contributed by atoms with E-state index in [1.807, 2.05) is 37.1 Å². The third-order valence-electron chi connectivity index (χ3n) is 1.49. The molecule has 0 amide bonds. The molecule has 2 nitrogen and oxygen atoms in total. The summed E-state index contributed by atoms with van der Waals surface area (Å²) >= 11 is 0. The maximum Gasteiger partial charge on any atom is 0.132 e. The van der Waals surface area contributed by atoms with Crippen LogP contribution in [0.25, 0.3) is 0 Å². The number of allylic oxidation sites excluding steroid dienone is 2. The van der Waals surface area contributed by atoms with Crippen molar-refractivity contribution in [3.05, 3.63) is 37.0 Å². The van der Waals surface area contributed by atoms with Gasteiger partial charge in [0.1, 0.15) is 5.82 Å². The molecular weight excluding hydrogens is 136 g/mol. The van der Waals surface area contributed by atoms with Gasteiger partial charge < -0.3 is 4.90 Å². The molecule has 0 unspecified atom stereocenters. The Balaban J connectivity index is 2.92. The van der Waals surface area contributed by atoms with Crippen molar-refractivity contribution in [1.82, 2.24) is 4.90 Å². The van der Waals surface area contributed by atoms with E-state index in [9.17, 15) is 0 Å². The lowest BCUT2D eigenvalue weighted by atomic mass is 10.3. The topological polar surface area (TPSA) is 15.6 Å². The predicted octanol–water partition coefficient (Wildman–Crippen LogP) is 2.28. The van der Waals surface area contributed by atoms with E-state index in [2.05, 4.69) is 11.6 Å². The van der Waals surface area contributed by atoms with Gasteiger partial charge in [-0.25, -0.2) is 4.99 Å². The maximum atomic E-state index is 4.30. The molecule has 0 bridgehead atoms. The Morgan fingerprint density at radius 3 is 2.91 bits per heavy atom. The highest BCUT2D eigenvalue weighted by Crippen LogP contribution is 2.12. The largest absolute Gasteiger partial charge is 0.309 e. The fourth-order valence-corrected chi connectivity index (χ4v) is 0.908. The second kappa shape index (κ2) is 3.19. The first kappa shape index (κ1) is 7.79. The lowest BCUT2D eigenvalue weighted by Crippen LogP contribution is -2.12. The Kier molecular flexibility index (Phi) is 2.26. The lowest BCUT2D eigenvalue weighted by molar-refractivity contribution is 0.615. The van der Waals surface area contributed by atoms with Crippen molar-refractivity contribution in [2.75, 3.05) is 0 Å². The Bertz CT molecular complexity index is 246. The molecule has 0 aromatic heterocycles. The number of hydrogen-bond acceptors (Lipinski definition) is 2. The normalized spacial score (nSPS) is 20.4. The first-order chi connectivity index (χ1) is 5.27. The van der Waals surface area contributed by atoms with Crippen LogP contribution in [-0.2, 0) is 0 Å². The highest BCUT2D eigenvalue weighted by molar-refractivity contribution is 5.94. The van der Waals surface area contributed by atoms with Gasteiger partial charge in [0, 0.05) is 18.1 Å². The second-order valence-corrected chi connectivity index (χ2v) is 2.31. The molecule has 11 heavy (non-hydrogen) atoms. The molecule has 0 saturated carbocycles. The summed E-state index contributed by atoms with van der Waals surface area (Å²) in [7, 11) is 0. The number of rotatable bonds is 1. The maximum absolute atomic E-state index is 4.30. The Morgan fingerprint density at radius 2 is 2.36 bits per heavy atom. The van der Waals surface area contributed by atoms with E-state index < -0.39 is 0 Å². The zero-order valence-electron chi connectivity index (χ0n) is 6.91. The van der Waals surface area contributed by atoms with Crippen LogP contribution in [0.4, 0.5) is 0 Å². The molecule has 0 spiro atoms. The minimum atomic E-state index is 0.931. The van der Waals surface area contributed by atoms with E-state index in [4.69, 9.17) is 0 Å².